The molecule has 1 amide bonds. The average Bonchev–Trinajstić information content (AvgIpc) is 3.16. The first-order valence-electron chi connectivity index (χ1n) is 9.44. The summed E-state index contributed by atoms with van der Waals surface area (Å²) in [5, 5.41) is 0. The minimum absolute atomic E-state index is 0.301. The van der Waals surface area contributed by atoms with Gasteiger partial charge in [-0.2, -0.15) is 4.31 Å². The van der Waals surface area contributed by atoms with Crippen molar-refractivity contribution < 1.29 is 17.9 Å². The summed E-state index contributed by atoms with van der Waals surface area (Å²) in [5.41, 5.74) is 1.62. The number of ether oxygens (including phenoxy) is 1. The first kappa shape index (κ1) is 19.9. The maximum absolute atomic E-state index is 12.6. The van der Waals surface area contributed by atoms with Gasteiger partial charge >= 0.3 is 6.09 Å². The van der Waals surface area contributed by atoms with E-state index in [9.17, 15) is 13.2 Å². The van der Waals surface area contributed by atoms with Crippen molar-refractivity contribution in [1.29, 1.82) is 0 Å². The molecular formula is C20H28N2O4S. The molecule has 0 N–H and O–H groups in total. The Bertz CT molecular complexity index is 817. The lowest BCUT2D eigenvalue weighted by Gasteiger charge is -2.29. The van der Waals surface area contributed by atoms with E-state index < -0.39 is 15.6 Å². The van der Waals surface area contributed by atoms with Crippen molar-refractivity contribution in [3.63, 3.8) is 0 Å². The fourth-order valence-corrected chi connectivity index (χ4v) is 4.86. The second-order valence-corrected chi connectivity index (χ2v) is 9.98. The molecule has 1 saturated heterocycles. The summed E-state index contributed by atoms with van der Waals surface area (Å²) in [6.07, 6.45) is 4.29. The second kappa shape index (κ2) is 7.64. The van der Waals surface area contributed by atoms with Gasteiger partial charge in [0.05, 0.1) is 4.90 Å². The summed E-state index contributed by atoms with van der Waals surface area (Å²) in [6.45, 7) is 7.87. The molecule has 0 atom stereocenters. The van der Waals surface area contributed by atoms with Crippen molar-refractivity contribution in [2.24, 2.45) is 0 Å². The van der Waals surface area contributed by atoms with Gasteiger partial charge in [0, 0.05) is 26.2 Å². The maximum atomic E-state index is 12.6. The minimum atomic E-state index is -3.38. The van der Waals surface area contributed by atoms with E-state index in [0.717, 1.165) is 30.4 Å². The Hall–Kier alpha value is -1.86. The molecule has 0 aromatic heterocycles. The lowest BCUT2D eigenvalue weighted by molar-refractivity contribution is 0.0270. The molecule has 0 saturated carbocycles. The van der Waals surface area contributed by atoms with E-state index in [0.29, 0.717) is 31.1 Å². The molecule has 0 spiro atoms. The molecular weight excluding hydrogens is 364 g/mol. The summed E-state index contributed by atoms with van der Waals surface area (Å²) >= 11 is 0. The minimum Gasteiger partial charge on any atom is -0.444 e. The highest BCUT2D eigenvalue weighted by Gasteiger charge is 2.27. The van der Waals surface area contributed by atoms with Gasteiger partial charge in [-0.05, 0) is 63.3 Å². The van der Waals surface area contributed by atoms with Crippen LogP contribution >= 0.6 is 0 Å². The fourth-order valence-electron chi connectivity index (χ4n) is 3.34. The van der Waals surface area contributed by atoms with Crippen molar-refractivity contribution in [2.75, 3.05) is 26.2 Å². The van der Waals surface area contributed by atoms with Gasteiger partial charge in [-0.15, -0.1) is 0 Å². The Morgan fingerprint density at radius 1 is 1.04 bits per heavy atom. The van der Waals surface area contributed by atoms with Crippen molar-refractivity contribution >= 4 is 21.7 Å². The first-order chi connectivity index (χ1) is 12.7. The van der Waals surface area contributed by atoms with Crippen LogP contribution in [0.5, 0.6) is 0 Å². The smallest absolute Gasteiger partial charge is 0.410 e. The van der Waals surface area contributed by atoms with E-state index in [4.69, 9.17) is 4.74 Å². The van der Waals surface area contributed by atoms with Crippen LogP contribution in [0.1, 0.15) is 45.6 Å². The number of rotatable bonds is 3. The molecule has 2 aliphatic rings. The molecule has 7 heteroatoms. The molecule has 1 fully saturated rings. The largest absolute Gasteiger partial charge is 0.444 e. The Labute approximate surface area is 161 Å². The molecule has 3 rings (SSSR count). The van der Waals surface area contributed by atoms with Gasteiger partial charge in [0.2, 0.25) is 10.0 Å². The first-order valence-corrected chi connectivity index (χ1v) is 10.9. The summed E-state index contributed by atoms with van der Waals surface area (Å²) in [5.74, 6) is 0. The molecule has 0 bridgehead atoms. The molecule has 0 radical (unpaired) electrons. The van der Waals surface area contributed by atoms with Gasteiger partial charge in [-0.25, -0.2) is 13.2 Å². The Morgan fingerprint density at radius 2 is 1.67 bits per heavy atom. The summed E-state index contributed by atoms with van der Waals surface area (Å²) < 4.78 is 32.2. The van der Waals surface area contributed by atoms with Crippen LogP contribution in [-0.2, 0) is 14.8 Å². The van der Waals surface area contributed by atoms with Crippen LogP contribution in [0.3, 0.4) is 0 Å². The van der Waals surface area contributed by atoms with Crippen molar-refractivity contribution in [1.82, 2.24) is 9.21 Å². The number of nitrogens with zero attached hydrogens (tertiary/aromatic N) is 2. The van der Waals surface area contributed by atoms with Crippen LogP contribution < -0.4 is 0 Å². The van der Waals surface area contributed by atoms with Crippen LogP contribution in [0.15, 0.2) is 35.2 Å². The lowest BCUT2D eigenvalue weighted by Crippen LogP contribution is -2.39. The number of carbonyl (C=O) groups is 1. The number of amides is 1. The molecule has 0 aliphatic carbocycles. The van der Waals surface area contributed by atoms with E-state index in [1.54, 1.807) is 21.3 Å². The maximum Gasteiger partial charge on any atom is 0.410 e. The Balaban J connectivity index is 1.67. The number of sulfonamides is 1. The molecule has 2 heterocycles. The summed E-state index contributed by atoms with van der Waals surface area (Å²) in [6, 6.07) is 7.09. The van der Waals surface area contributed by atoms with Gasteiger partial charge in [-0.3, -0.25) is 0 Å². The molecule has 2 aliphatic heterocycles. The van der Waals surface area contributed by atoms with E-state index >= 15 is 0 Å². The van der Waals surface area contributed by atoms with Gasteiger partial charge in [0.25, 0.3) is 0 Å². The van der Waals surface area contributed by atoms with Crippen molar-refractivity contribution in [3.8, 4) is 0 Å². The van der Waals surface area contributed by atoms with E-state index in [1.165, 1.54) is 0 Å². The lowest BCUT2D eigenvalue weighted by atomic mass is 10.00. The van der Waals surface area contributed by atoms with E-state index in [1.807, 2.05) is 39.0 Å². The van der Waals surface area contributed by atoms with Crippen LogP contribution in [0.25, 0.3) is 5.57 Å². The van der Waals surface area contributed by atoms with Crippen LogP contribution in [-0.4, -0.2) is 55.5 Å². The quantitative estimate of drug-likeness (QED) is 0.790. The topological polar surface area (TPSA) is 66.9 Å². The number of hydrogen-bond acceptors (Lipinski definition) is 4. The van der Waals surface area contributed by atoms with Gasteiger partial charge in [0.15, 0.2) is 0 Å². The third kappa shape index (κ3) is 4.71. The normalized spacial score (nSPS) is 19.1. The van der Waals surface area contributed by atoms with E-state index in [-0.39, 0.29) is 6.09 Å². The Morgan fingerprint density at radius 3 is 2.19 bits per heavy atom. The van der Waals surface area contributed by atoms with E-state index in [2.05, 4.69) is 0 Å². The zero-order chi connectivity index (χ0) is 19.7. The predicted molar refractivity (Wildman–Crippen MR) is 105 cm³/mol. The van der Waals surface area contributed by atoms with Crippen LogP contribution in [0.4, 0.5) is 4.79 Å². The second-order valence-electron chi connectivity index (χ2n) is 8.04. The zero-order valence-electron chi connectivity index (χ0n) is 16.3. The number of carbonyl (C=O) groups excluding carboxylic acids is 1. The molecule has 6 nitrogen and oxygen atoms in total. The van der Waals surface area contributed by atoms with Gasteiger partial charge in [-0.1, -0.05) is 18.2 Å². The average molecular weight is 393 g/mol. The van der Waals surface area contributed by atoms with Crippen molar-refractivity contribution in [2.45, 2.75) is 50.5 Å². The Kier molecular flexibility index (Phi) is 5.63. The highest BCUT2D eigenvalue weighted by Crippen LogP contribution is 2.26. The highest BCUT2D eigenvalue weighted by atomic mass is 32.2. The van der Waals surface area contributed by atoms with Gasteiger partial charge < -0.3 is 9.64 Å². The molecule has 1 aromatic carbocycles. The van der Waals surface area contributed by atoms with Crippen molar-refractivity contribution in [3.05, 3.63) is 35.9 Å². The summed E-state index contributed by atoms with van der Waals surface area (Å²) in [4.78, 5) is 14.2. The third-order valence-electron chi connectivity index (χ3n) is 4.79. The zero-order valence-corrected chi connectivity index (χ0v) is 17.1. The fraction of sp³-hybridized carbons (Fsp3) is 0.550. The molecule has 27 heavy (non-hydrogen) atoms. The molecule has 148 valence electrons. The standard InChI is InChI=1S/C20H28N2O4S/c1-20(2,3)26-19(23)21-14-10-17(11-15-21)16-6-8-18(9-7-16)27(24,25)22-12-4-5-13-22/h6-10H,4-5,11-15H2,1-3H3. The highest BCUT2D eigenvalue weighted by molar-refractivity contribution is 7.89. The SMILES string of the molecule is CC(C)(C)OC(=O)N1CC=C(c2ccc(S(=O)(=O)N3CCCC3)cc2)CC1. The van der Waals surface area contributed by atoms with Gasteiger partial charge in [0.1, 0.15) is 5.60 Å². The molecule has 1 aromatic rings. The molecule has 0 unspecified atom stereocenters. The number of benzene rings is 1. The third-order valence-corrected chi connectivity index (χ3v) is 6.70. The number of hydrogen-bond donors (Lipinski definition) is 0. The monoisotopic (exact) mass is 392 g/mol. The van der Waals surface area contributed by atoms with Crippen LogP contribution in [0.2, 0.25) is 0 Å². The predicted octanol–water partition coefficient (Wildman–Crippen LogP) is 3.50. The van der Waals surface area contributed by atoms with Crippen LogP contribution in [0, 0.1) is 0 Å². The summed E-state index contributed by atoms with van der Waals surface area (Å²) in [7, 11) is -3.38.